The minimum absolute atomic E-state index is 0.284. The van der Waals surface area contributed by atoms with Gasteiger partial charge in [-0.2, -0.15) is 17.2 Å². The van der Waals surface area contributed by atoms with Crippen LogP contribution in [0.1, 0.15) is 20.8 Å². The van der Waals surface area contributed by atoms with Gasteiger partial charge in [-0.25, -0.2) is 8.78 Å². The molecule has 0 saturated carbocycles. The van der Waals surface area contributed by atoms with E-state index in [4.69, 9.17) is 0 Å². The topological polar surface area (TPSA) is 72.5 Å². The molecule has 1 aromatic carbocycles. The molecule has 1 aromatic rings. The van der Waals surface area contributed by atoms with Crippen molar-refractivity contribution in [1.82, 2.24) is 0 Å². The first kappa shape index (κ1) is 20.4. The Morgan fingerprint density at radius 1 is 1.17 bits per heavy atom. The molecule has 0 aliphatic carbocycles. The lowest BCUT2D eigenvalue weighted by Gasteiger charge is -2.18. The number of rotatable bonds is 6. The molecule has 1 N–H and O–H groups in total. The van der Waals surface area contributed by atoms with Gasteiger partial charge in [0.2, 0.25) is 5.91 Å². The second-order valence-corrected chi connectivity index (χ2v) is 7.62. The maximum absolute atomic E-state index is 12.7. The fourth-order valence-corrected chi connectivity index (χ4v) is 2.23. The third-order valence-corrected chi connectivity index (χ3v) is 4.09. The second kappa shape index (κ2) is 7.06. The Morgan fingerprint density at radius 3 is 2.08 bits per heavy atom. The number of anilines is 1. The molecular formula is C14H17F4NO4S. The molecule has 0 fully saturated rings. The highest BCUT2D eigenvalue weighted by Gasteiger charge is 2.42. The van der Waals surface area contributed by atoms with E-state index >= 15 is 0 Å². The van der Waals surface area contributed by atoms with Gasteiger partial charge >= 0.3 is 12.3 Å². The van der Waals surface area contributed by atoms with Crippen molar-refractivity contribution in [3.05, 3.63) is 24.3 Å². The number of amides is 1. The summed E-state index contributed by atoms with van der Waals surface area (Å²) in [6, 6.07) is 4.47. The third-order valence-electron chi connectivity index (χ3n) is 2.81. The van der Waals surface area contributed by atoms with Crippen LogP contribution in [0.5, 0.6) is 0 Å². The Labute approximate surface area is 137 Å². The van der Waals surface area contributed by atoms with E-state index in [0.717, 1.165) is 12.1 Å². The van der Waals surface area contributed by atoms with Crippen LogP contribution in [-0.4, -0.2) is 33.3 Å². The van der Waals surface area contributed by atoms with Gasteiger partial charge in [-0.15, -0.1) is 0 Å². The van der Waals surface area contributed by atoms with Crippen LogP contribution < -0.4 is 5.32 Å². The summed E-state index contributed by atoms with van der Waals surface area (Å²) < 4.78 is 76.8. The first-order valence-corrected chi connectivity index (χ1v) is 8.13. The zero-order chi connectivity index (χ0) is 18.8. The number of carbonyl (C=O) groups is 1. The zero-order valence-electron chi connectivity index (χ0n) is 13.1. The average molecular weight is 371 g/mol. The van der Waals surface area contributed by atoms with E-state index in [1.807, 2.05) is 0 Å². The number of carbonyl (C=O) groups excluding carboxylic acids is 1. The Morgan fingerprint density at radius 2 is 1.67 bits per heavy atom. The van der Waals surface area contributed by atoms with Gasteiger partial charge in [-0.1, -0.05) is 20.8 Å². The van der Waals surface area contributed by atoms with E-state index in [1.54, 1.807) is 20.8 Å². The maximum atomic E-state index is 12.7. The molecule has 1 amide bonds. The molecule has 0 spiro atoms. The van der Waals surface area contributed by atoms with Crippen LogP contribution in [0.3, 0.4) is 0 Å². The van der Waals surface area contributed by atoms with Gasteiger partial charge in [0.25, 0.3) is 10.1 Å². The van der Waals surface area contributed by atoms with E-state index in [2.05, 4.69) is 9.50 Å². The molecule has 1 rings (SSSR count). The predicted molar refractivity (Wildman–Crippen MR) is 78.6 cm³/mol. The van der Waals surface area contributed by atoms with Gasteiger partial charge in [0.15, 0.2) is 0 Å². The van der Waals surface area contributed by atoms with Crippen molar-refractivity contribution in [2.75, 3.05) is 11.9 Å². The van der Waals surface area contributed by atoms with E-state index in [9.17, 15) is 30.8 Å². The number of hydrogen-bond donors (Lipinski definition) is 1. The minimum Gasteiger partial charge on any atom is -0.326 e. The summed E-state index contributed by atoms with van der Waals surface area (Å²) in [7, 11) is -4.63. The summed E-state index contributed by atoms with van der Waals surface area (Å²) >= 11 is 0. The maximum Gasteiger partial charge on any atom is 0.331 e. The van der Waals surface area contributed by atoms with Crippen LogP contribution in [0, 0.1) is 5.41 Å². The quantitative estimate of drug-likeness (QED) is 0.615. The Balaban J connectivity index is 2.83. The third kappa shape index (κ3) is 5.45. The van der Waals surface area contributed by atoms with Gasteiger partial charge in [-0.3, -0.25) is 8.98 Å². The molecule has 0 saturated heterocycles. The lowest BCUT2D eigenvalue weighted by atomic mass is 9.95. The molecule has 0 aliphatic heterocycles. The smallest absolute Gasteiger partial charge is 0.326 e. The summed E-state index contributed by atoms with van der Waals surface area (Å²) in [5, 5.41) is 2.54. The van der Waals surface area contributed by atoms with E-state index in [1.165, 1.54) is 12.1 Å². The second-order valence-electron chi connectivity index (χ2n) is 6.01. The minimum atomic E-state index is -4.63. The van der Waals surface area contributed by atoms with E-state index in [-0.39, 0.29) is 11.6 Å². The lowest BCUT2D eigenvalue weighted by molar-refractivity contribution is -0.147. The normalized spacial score (nSPS) is 13.2. The monoisotopic (exact) mass is 371 g/mol. The van der Waals surface area contributed by atoms with Gasteiger partial charge in [0, 0.05) is 11.1 Å². The molecule has 5 nitrogen and oxygen atoms in total. The van der Waals surface area contributed by atoms with Gasteiger partial charge < -0.3 is 5.32 Å². The number of halogens is 4. The molecule has 10 heteroatoms. The van der Waals surface area contributed by atoms with Gasteiger partial charge in [0.05, 0.1) is 4.90 Å². The standard InChI is InChI=1S/C14H17F4NO4S/c1-13(2,3)12(20)19-9-4-6-10(7-5-9)24(21,22)23-8-14(17,18)11(15)16/h4-7,11H,8H2,1-3H3,(H,19,20). The number of alkyl halides is 4. The molecule has 0 heterocycles. The van der Waals surface area contributed by atoms with Crippen molar-refractivity contribution in [3.8, 4) is 0 Å². The van der Waals surface area contributed by atoms with E-state index < -0.39 is 39.4 Å². The Bertz CT molecular complexity index is 682. The highest BCUT2D eigenvalue weighted by Crippen LogP contribution is 2.25. The summed E-state index contributed by atoms with van der Waals surface area (Å²) in [6.45, 7) is 3.07. The lowest BCUT2D eigenvalue weighted by Crippen LogP contribution is -2.33. The number of benzene rings is 1. The molecule has 24 heavy (non-hydrogen) atoms. The average Bonchev–Trinajstić information content (AvgIpc) is 2.45. The fraction of sp³-hybridized carbons (Fsp3) is 0.500. The van der Waals surface area contributed by atoms with Gasteiger partial charge in [0.1, 0.15) is 6.61 Å². The largest absolute Gasteiger partial charge is 0.331 e. The molecule has 0 radical (unpaired) electrons. The molecule has 136 valence electrons. The van der Waals surface area contributed by atoms with Crippen molar-refractivity contribution >= 4 is 21.7 Å². The molecule has 0 aliphatic rings. The van der Waals surface area contributed by atoms with Crippen LogP contribution in [0.25, 0.3) is 0 Å². The van der Waals surface area contributed by atoms with Crippen molar-refractivity contribution < 1.29 is 35.0 Å². The predicted octanol–water partition coefficient (Wildman–Crippen LogP) is 3.28. The van der Waals surface area contributed by atoms with Crippen molar-refractivity contribution in [2.45, 2.75) is 38.0 Å². The van der Waals surface area contributed by atoms with Gasteiger partial charge in [-0.05, 0) is 24.3 Å². The van der Waals surface area contributed by atoms with Crippen LogP contribution >= 0.6 is 0 Å². The molecular weight excluding hydrogens is 354 g/mol. The number of nitrogens with one attached hydrogen (secondary N) is 1. The number of hydrogen-bond acceptors (Lipinski definition) is 4. The Kier molecular flexibility index (Phi) is 5.99. The summed E-state index contributed by atoms with van der Waals surface area (Å²) in [4.78, 5) is 11.3. The molecule has 0 atom stereocenters. The van der Waals surface area contributed by atoms with Crippen molar-refractivity contribution in [1.29, 1.82) is 0 Å². The molecule has 0 aromatic heterocycles. The van der Waals surface area contributed by atoms with Crippen LogP contribution in [-0.2, 0) is 19.1 Å². The summed E-state index contributed by atoms with van der Waals surface area (Å²) in [6.07, 6.45) is -4.04. The van der Waals surface area contributed by atoms with Crippen molar-refractivity contribution in [2.24, 2.45) is 5.41 Å². The summed E-state index contributed by atoms with van der Waals surface area (Å²) in [5.74, 6) is -4.89. The van der Waals surface area contributed by atoms with Crippen molar-refractivity contribution in [3.63, 3.8) is 0 Å². The van der Waals surface area contributed by atoms with Crippen LogP contribution in [0.15, 0.2) is 29.2 Å². The molecule has 0 bridgehead atoms. The highest BCUT2D eigenvalue weighted by atomic mass is 32.2. The van der Waals surface area contributed by atoms with Crippen LogP contribution in [0.2, 0.25) is 0 Å². The summed E-state index contributed by atoms with van der Waals surface area (Å²) in [5.41, 5.74) is -0.388. The first-order chi connectivity index (χ1) is 10.8. The zero-order valence-corrected chi connectivity index (χ0v) is 14.0. The Hall–Kier alpha value is -1.68. The fourth-order valence-electron chi connectivity index (χ4n) is 1.31. The highest BCUT2D eigenvalue weighted by molar-refractivity contribution is 7.86. The van der Waals surface area contributed by atoms with Crippen LogP contribution in [0.4, 0.5) is 23.2 Å². The van der Waals surface area contributed by atoms with E-state index in [0.29, 0.717) is 0 Å². The first-order valence-electron chi connectivity index (χ1n) is 6.72. The SMILES string of the molecule is CC(C)(C)C(=O)Nc1ccc(S(=O)(=O)OCC(F)(F)C(F)F)cc1. The molecule has 0 unspecified atom stereocenters.